The molecule has 116 valence electrons. The van der Waals surface area contributed by atoms with Crippen molar-refractivity contribution < 1.29 is 4.74 Å². The second-order valence-corrected chi connectivity index (χ2v) is 4.65. The fraction of sp³-hybridized carbons (Fsp3) is 0.333. The molecule has 0 heterocycles. The van der Waals surface area contributed by atoms with E-state index in [0.717, 1.165) is 30.2 Å². The molecule has 0 aromatic rings. The van der Waals surface area contributed by atoms with Crippen LogP contribution in [0.4, 0.5) is 0 Å². The summed E-state index contributed by atoms with van der Waals surface area (Å²) in [5, 5.41) is 0. The minimum absolute atomic E-state index is 0.824. The molecule has 0 spiro atoms. The predicted octanol–water partition coefficient (Wildman–Crippen LogP) is 3.73. The van der Waals surface area contributed by atoms with Gasteiger partial charge in [0.2, 0.25) is 0 Å². The first kappa shape index (κ1) is 18.8. The Morgan fingerprint density at radius 2 is 1.52 bits per heavy atom. The topological polar surface area (TPSA) is 15.7 Å². The van der Waals surface area contributed by atoms with Gasteiger partial charge in [-0.2, -0.15) is 0 Å². The Hall–Kier alpha value is -2.16. The maximum absolute atomic E-state index is 5.18. The number of methoxy groups -OCH3 is 1. The van der Waals surface area contributed by atoms with Gasteiger partial charge >= 0.3 is 0 Å². The average molecular weight is 288 g/mol. The molecule has 0 amide bonds. The second-order valence-electron chi connectivity index (χ2n) is 4.65. The maximum Gasteiger partial charge on any atom is 0.114 e. The summed E-state index contributed by atoms with van der Waals surface area (Å²) in [6, 6.07) is 0. The quantitative estimate of drug-likeness (QED) is 0.450. The Morgan fingerprint density at radius 1 is 1.00 bits per heavy atom. The number of hydrogen-bond donors (Lipinski definition) is 0. The van der Waals surface area contributed by atoms with E-state index >= 15 is 0 Å². The number of ether oxygens (including phenoxy) is 1. The third-order valence-corrected chi connectivity index (χ3v) is 3.14. The number of nitrogens with zero attached hydrogens (tertiary/aromatic N) is 2. The third kappa shape index (κ3) is 7.88. The van der Waals surface area contributed by atoms with Gasteiger partial charge in [0.25, 0.3) is 0 Å². The number of allylic oxidation sites excluding steroid dienone is 6. The predicted molar refractivity (Wildman–Crippen MR) is 92.8 cm³/mol. The number of rotatable bonds is 10. The molecule has 0 atom stereocenters. The van der Waals surface area contributed by atoms with Crippen molar-refractivity contribution in [3.63, 3.8) is 0 Å². The normalized spacial score (nSPS) is 11.7. The molecule has 0 unspecified atom stereocenters. The first-order chi connectivity index (χ1) is 9.96. The molecule has 0 fully saturated rings. The smallest absolute Gasteiger partial charge is 0.114 e. The van der Waals surface area contributed by atoms with E-state index in [0.29, 0.717) is 0 Å². The molecule has 3 nitrogen and oxygen atoms in total. The minimum Gasteiger partial charge on any atom is -0.497 e. The van der Waals surface area contributed by atoms with Crippen molar-refractivity contribution in [3.05, 3.63) is 73.3 Å². The van der Waals surface area contributed by atoms with Crippen LogP contribution in [0, 0.1) is 0 Å². The second kappa shape index (κ2) is 10.6. The lowest BCUT2D eigenvalue weighted by Gasteiger charge is -2.25. The molecule has 0 N–H and O–H groups in total. The molecule has 0 aliphatic heterocycles. The van der Waals surface area contributed by atoms with E-state index in [1.165, 1.54) is 0 Å². The van der Waals surface area contributed by atoms with Crippen LogP contribution in [0.25, 0.3) is 0 Å². The van der Waals surface area contributed by atoms with Gasteiger partial charge < -0.3 is 14.5 Å². The number of hydrogen-bond acceptors (Lipinski definition) is 3. The summed E-state index contributed by atoms with van der Waals surface area (Å²) in [7, 11) is 5.69. The van der Waals surface area contributed by atoms with Crippen LogP contribution in [0.2, 0.25) is 0 Å². The first-order valence-electron chi connectivity index (χ1n) is 6.93. The summed E-state index contributed by atoms with van der Waals surface area (Å²) in [5.74, 6) is 0.824. The van der Waals surface area contributed by atoms with Crippen LogP contribution in [0.5, 0.6) is 0 Å². The van der Waals surface area contributed by atoms with E-state index < -0.39 is 0 Å². The highest BCUT2D eigenvalue weighted by Gasteiger charge is 2.03. The molecule has 3 heteroatoms. The largest absolute Gasteiger partial charge is 0.497 e. The van der Waals surface area contributed by atoms with Gasteiger partial charge in [-0.1, -0.05) is 31.9 Å². The standard InChI is InChI=1S/C18H28N2O/c1-8-10-11-16(3)19(5)14-15-20(6)17(4)12-13-18(9-2)21-7/h8-13H,1,3-4,14-15H2,2,5-7H3/b11-10-,13-12-,18-9+. The summed E-state index contributed by atoms with van der Waals surface area (Å²) in [5.41, 5.74) is 1.90. The molecule has 0 radical (unpaired) electrons. The van der Waals surface area contributed by atoms with Gasteiger partial charge in [-0.3, -0.25) is 0 Å². The summed E-state index contributed by atoms with van der Waals surface area (Å²) < 4.78 is 5.18. The zero-order valence-corrected chi connectivity index (χ0v) is 13.8. The highest BCUT2D eigenvalue weighted by atomic mass is 16.5. The van der Waals surface area contributed by atoms with Crippen molar-refractivity contribution in [2.75, 3.05) is 34.3 Å². The number of likely N-dealkylation sites (N-methyl/N-ethyl adjacent to an activating group) is 2. The molecule has 0 rings (SSSR count). The van der Waals surface area contributed by atoms with Crippen molar-refractivity contribution >= 4 is 0 Å². The van der Waals surface area contributed by atoms with Gasteiger partial charge in [-0.15, -0.1) is 0 Å². The van der Waals surface area contributed by atoms with Gasteiger partial charge in [0, 0.05) is 38.6 Å². The fourth-order valence-electron chi connectivity index (χ4n) is 1.48. The van der Waals surface area contributed by atoms with Crippen LogP contribution in [-0.4, -0.2) is 44.1 Å². The van der Waals surface area contributed by atoms with E-state index in [2.05, 4.69) is 29.5 Å². The van der Waals surface area contributed by atoms with Crippen LogP contribution in [0.1, 0.15) is 6.92 Å². The molecule has 0 aromatic carbocycles. The van der Waals surface area contributed by atoms with Crippen LogP contribution in [0.3, 0.4) is 0 Å². The molecular formula is C18H28N2O. The average Bonchev–Trinajstić information content (AvgIpc) is 2.50. The highest BCUT2D eigenvalue weighted by molar-refractivity contribution is 5.22. The Bertz CT molecular complexity index is 444. The van der Waals surface area contributed by atoms with Crippen molar-refractivity contribution in [1.82, 2.24) is 9.80 Å². The van der Waals surface area contributed by atoms with Gasteiger partial charge in [-0.05, 0) is 31.2 Å². The van der Waals surface area contributed by atoms with Crippen LogP contribution in [-0.2, 0) is 4.74 Å². The van der Waals surface area contributed by atoms with E-state index in [9.17, 15) is 0 Å². The van der Waals surface area contributed by atoms with Crippen LogP contribution < -0.4 is 0 Å². The Kier molecular flexibility index (Phi) is 9.52. The molecule has 0 bridgehead atoms. The minimum atomic E-state index is 0.824. The van der Waals surface area contributed by atoms with Crippen molar-refractivity contribution in [2.24, 2.45) is 0 Å². The molecular weight excluding hydrogens is 260 g/mol. The van der Waals surface area contributed by atoms with Gasteiger partial charge in [0.15, 0.2) is 0 Å². The lowest BCUT2D eigenvalue weighted by Crippen LogP contribution is -2.28. The first-order valence-corrected chi connectivity index (χ1v) is 6.93. The zero-order chi connectivity index (χ0) is 16.3. The lowest BCUT2D eigenvalue weighted by molar-refractivity contribution is 0.305. The van der Waals surface area contributed by atoms with E-state index in [1.54, 1.807) is 13.2 Å². The van der Waals surface area contributed by atoms with Crippen LogP contribution in [0.15, 0.2) is 73.3 Å². The SMILES string of the molecule is C=C/C=C\C(=C)N(C)CCN(C)C(=C)/C=C\C(=C/C)OC. The van der Waals surface area contributed by atoms with Crippen molar-refractivity contribution in [2.45, 2.75) is 6.92 Å². The molecule has 0 aliphatic rings. The van der Waals surface area contributed by atoms with Gasteiger partial charge in [0.05, 0.1) is 7.11 Å². The molecule has 21 heavy (non-hydrogen) atoms. The molecule has 0 saturated heterocycles. The fourth-order valence-corrected chi connectivity index (χ4v) is 1.48. The Balaban J connectivity index is 4.34. The Morgan fingerprint density at radius 3 is 1.95 bits per heavy atom. The van der Waals surface area contributed by atoms with E-state index in [-0.39, 0.29) is 0 Å². The molecule has 0 saturated carbocycles. The Labute approximate surface area is 129 Å². The van der Waals surface area contributed by atoms with Gasteiger partial charge in [0.1, 0.15) is 5.76 Å². The summed E-state index contributed by atoms with van der Waals surface area (Å²) >= 11 is 0. The highest BCUT2D eigenvalue weighted by Crippen LogP contribution is 2.06. The summed E-state index contributed by atoms with van der Waals surface area (Å²) in [4.78, 5) is 4.19. The zero-order valence-electron chi connectivity index (χ0n) is 13.8. The van der Waals surface area contributed by atoms with E-state index in [1.807, 2.05) is 51.4 Å². The molecule has 0 aliphatic carbocycles. The third-order valence-electron chi connectivity index (χ3n) is 3.14. The monoisotopic (exact) mass is 288 g/mol. The van der Waals surface area contributed by atoms with Crippen LogP contribution >= 0.6 is 0 Å². The lowest BCUT2D eigenvalue weighted by atomic mass is 10.3. The van der Waals surface area contributed by atoms with E-state index in [4.69, 9.17) is 4.74 Å². The maximum atomic E-state index is 5.18. The van der Waals surface area contributed by atoms with Gasteiger partial charge in [-0.25, -0.2) is 0 Å². The summed E-state index contributed by atoms with van der Waals surface area (Å²) in [6.07, 6.45) is 11.3. The van der Waals surface area contributed by atoms with Crippen molar-refractivity contribution in [3.8, 4) is 0 Å². The summed E-state index contributed by atoms with van der Waals surface area (Å²) in [6.45, 7) is 15.4. The van der Waals surface area contributed by atoms with Crippen molar-refractivity contribution in [1.29, 1.82) is 0 Å². The molecule has 0 aromatic heterocycles.